The third-order valence-corrected chi connectivity index (χ3v) is 6.54. The van der Waals surface area contributed by atoms with Crippen molar-refractivity contribution in [2.75, 3.05) is 33.9 Å². The molecule has 2 aliphatic rings. The van der Waals surface area contributed by atoms with Gasteiger partial charge in [0.2, 0.25) is 5.91 Å². The Hall–Kier alpha value is -2.53. The van der Waals surface area contributed by atoms with Gasteiger partial charge >= 0.3 is 0 Å². The van der Waals surface area contributed by atoms with Crippen LogP contribution in [0.3, 0.4) is 0 Å². The molecule has 30 heavy (non-hydrogen) atoms. The van der Waals surface area contributed by atoms with E-state index in [0.717, 1.165) is 63.4 Å². The van der Waals surface area contributed by atoms with Crippen LogP contribution in [-0.4, -0.2) is 49.6 Å². The minimum absolute atomic E-state index is 0.130. The standard InChI is InChI=1S/C25H32N2O3/c1-29-22-9-5-8-20(17-22)23-10-6-14-27(23)25(28)19-12-15-26(16-13-19)18-21-7-3-4-11-24(21)30-2/h3-5,7-9,11,17,19,23H,6,10,12-16,18H2,1-2H3/t23-/m0/s1. The van der Waals surface area contributed by atoms with Gasteiger partial charge in [-0.05, 0) is 62.5 Å². The summed E-state index contributed by atoms with van der Waals surface area (Å²) in [6.07, 6.45) is 3.95. The van der Waals surface area contributed by atoms with Crippen molar-refractivity contribution in [2.45, 2.75) is 38.3 Å². The lowest BCUT2D eigenvalue weighted by molar-refractivity contribution is -0.138. The molecule has 0 aliphatic carbocycles. The molecular formula is C25H32N2O3. The van der Waals surface area contributed by atoms with Gasteiger partial charge in [-0.3, -0.25) is 9.69 Å². The van der Waals surface area contributed by atoms with E-state index in [0.29, 0.717) is 5.91 Å². The number of likely N-dealkylation sites (tertiary alicyclic amines) is 2. The molecule has 1 atom stereocenters. The number of hydrogen-bond donors (Lipinski definition) is 0. The monoisotopic (exact) mass is 408 g/mol. The van der Waals surface area contributed by atoms with E-state index in [-0.39, 0.29) is 12.0 Å². The van der Waals surface area contributed by atoms with Crippen molar-refractivity contribution in [1.82, 2.24) is 9.80 Å². The van der Waals surface area contributed by atoms with Gasteiger partial charge in [-0.15, -0.1) is 0 Å². The summed E-state index contributed by atoms with van der Waals surface area (Å²) in [5.41, 5.74) is 2.40. The lowest BCUT2D eigenvalue weighted by Crippen LogP contribution is -2.42. The smallest absolute Gasteiger partial charge is 0.226 e. The number of amides is 1. The highest BCUT2D eigenvalue weighted by molar-refractivity contribution is 5.79. The zero-order chi connectivity index (χ0) is 20.9. The summed E-state index contributed by atoms with van der Waals surface area (Å²) in [5.74, 6) is 2.26. The number of rotatable bonds is 6. The maximum Gasteiger partial charge on any atom is 0.226 e. The third kappa shape index (κ3) is 4.46. The number of para-hydroxylation sites is 1. The van der Waals surface area contributed by atoms with Gasteiger partial charge in [0, 0.05) is 24.6 Å². The lowest BCUT2D eigenvalue weighted by atomic mass is 9.94. The van der Waals surface area contributed by atoms with Crippen LogP contribution in [0.1, 0.15) is 42.9 Å². The Balaban J connectivity index is 1.36. The van der Waals surface area contributed by atoms with Gasteiger partial charge in [-0.2, -0.15) is 0 Å². The Morgan fingerprint density at radius 3 is 2.53 bits per heavy atom. The summed E-state index contributed by atoms with van der Waals surface area (Å²) in [5, 5.41) is 0. The first kappa shape index (κ1) is 20.7. The minimum atomic E-state index is 0.130. The molecule has 0 unspecified atom stereocenters. The van der Waals surface area contributed by atoms with E-state index in [1.807, 2.05) is 24.3 Å². The van der Waals surface area contributed by atoms with E-state index in [4.69, 9.17) is 9.47 Å². The van der Waals surface area contributed by atoms with Crippen LogP contribution in [0.2, 0.25) is 0 Å². The topological polar surface area (TPSA) is 42.0 Å². The van der Waals surface area contributed by atoms with Gasteiger partial charge in [-0.1, -0.05) is 30.3 Å². The van der Waals surface area contributed by atoms with Gasteiger partial charge in [0.25, 0.3) is 0 Å². The molecule has 5 heteroatoms. The highest BCUT2D eigenvalue weighted by Gasteiger charge is 2.35. The van der Waals surface area contributed by atoms with Gasteiger partial charge < -0.3 is 14.4 Å². The number of piperidine rings is 1. The van der Waals surface area contributed by atoms with Gasteiger partial charge in [0.15, 0.2) is 0 Å². The van der Waals surface area contributed by atoms with E-state index < -0.39 is 0 Å². The molecule has 1 amide bonds. The van der Waals surface area contributed by atoms with Crippen LogP contribution in [0, 0.1) is 5.92 Å². The summed E-state index contributed by atoms with van der Waals surface area (Å²) >= 11 is 0. The first-order valence-electron chi connectivity index (χ1n) is 11.0. The summed E-state index contributed by atoms with van der Waals surface area (Å²) in [4.78, 5) is 17.9. The summed E-state index contributed by atoms with van der Waals surface area (Å²) in [7, 11) is 3.41. The van der Waals surface area contributed by atoms with Crippen molar-refractivity contribution in [2.24, 2.45) is 5.92 Å². The van der Waals surface area contributed by atoms with Crippen LogP contribution in [0.5, 0.6) is 11.5 Å². The Morgan fingerprint density at radius 2 is 1.77 bits per heavy atom. The number of nitrogens with zero attached hydrogens (tertiary/aromatic N) is 2. The molecule has 2 heterocycles. The number of benzene rings is 2. The summed E-state index contributed by atoms with van der Waals surface area (Å²) in [6, 6.07) is 16.5. The maximum absolute atomic E-state index is 13.4. The molecular weight excluding hydrogens is 376 g/mol. The number of hydrogen-bond acceptors (Lipinski definition) is 4. The normalized spacial score (nSPS) is 20.3. The fourth-order valence-electron chi connectivity index (χ4n) is 4.87. The molecule has 0 radical (unpaired) electrons. The van der Waals surface area contributed by atoms with Crippen molar-refractivity contribution in [3.63, 3.8) is 0 Å². The molecule has 4 rings (SSSR count). The molecule has 2 fully saturated rings. The molecule has 2 saturated heterocycles. The molecule has 0 aromatic heterocycles. The van der Waals surface area contributed by atoms with Crippen LogP contribution in [0.25, 0.3) is 0 Å². The fourth-order valence-corrected chi connectivity index (χ4v) is 4.87. The number of carbonyl (C=O) groups is 1. The Bertz CT molecular complexity index is 861. The zero-order valence-corrected chi connectivity index (χ0v) is 18.0. The highest BCUT2D eigenvalue weighted by atomic mass is 16.5. The van der Waals surface area contributed by atoms with Crippen molar-refractivity contribution in [3.05, 3.63) is 59.7 Å². The van der Waals surface area contributed by atoms with E-state index in [2.05, 4.69) is 34.1 Å². The quantitative estimate of drug-likeness (QED) is 0.716. The molecule has 2 aromatic carbocycles. The first-order valence-corrected chi connectivity index (χ1v) is 11.0. The van der Waals surface area contributed by atoms with E-state index in [1.165, 1.54) is 11.1 Å². The molecule has 0 bridgehead atoms. The molecule has 160 valence electrons. The van der Waals surface area contributed by atoms with Crippen LogP contribution >= 0.6 is 0 Å². The molecule has 2 aliphatic heterocycles. The predicted octanol–water partition coefficient (Wildman–Crippen LogP) is 4.28. The SMILES string of the molecule is COc1cccc([C@@H]2CCCN2C(=O)C2CCN(Cc3ccccc3OC)CC2)c1. The first-order chi connectivity index (χ1) is 14.7. The van der Waals surface area contributed by atoms with Gasteiger partial charge in [0.05, 0.1) is 20.3 Å². The van der Waals surface area contributed by atoms with Crippen LogP contribution in [0.4, 0.5) is 0 Å². The highest BCUT2D eigenvalue weighted by Crippen LogP contribution is 2.36. The van der Waals surface area contributed by atoms with Crippen molar-refractivity contribution >= 4 is 5.91 Å². The second-order valence-electron chi connectivity index (χ2n) is 8.33. The number of carbonyl (C=O) groups excluding carboxylic acids is 1. The molecule has 2 aromatic rings. The fraction of sp³-hybridized carbons (Fsp3) is 0.480. The molecule has 5 nitrogen and oxygen atoms in total. The Morgan fingerprint density at radius 1 is 0.967 bits per heavy atom. The van der Waals surface area contributed by atoms with Crippen molar-refractivity contribution in [3.8, 4) is 11.5 Å². The average Bonchev–Trinajstić information content (AvgIpc) is 3.29. The molecule has 0 spiro atoms. The second-order valence-corrected chi connectivity index (χ2v) is 8.33. The van der Waals surface area contributed by atoms with E-state index in [1.54, 1.807) is 14.2 Å². The average molecular weight is 409 g/mol. The predicted molar refractivity (Wildman–Crippen MR) is 118 cm³/mol. The largest absolute Gasteiger partial charge is 0.497 e. The van der Waals surface area contributed by atoms with E-state index >= 15 is 0 Å². The molecule has 0 saturated carbocycles. The van der Waals surface area contributed by atoms with E-state index in [9.17, 15) is 4.79 Å². The van der Waals surface area contributed by atoms with Crippen LogP contribution in [0.15, 0.2) is 48.5 Å². The summed E-state index contributed by atoms with van der Waals surface area (Å²) in [6.45, 7) is 3.64. The maximum atomic E-state index is 13.4. The zero-order valence-electron chi connectivity index (χ0n) is 18.0. The molecule has 0 N–H and O–H groups in total. The second kappa shape index (κ2) is 9.52. The summed E-state index contributed by atoms with van der Waals surface area (Å²) < 4.78 is 10.9. The Kier molecular flexibility index (Phi) is 6.58. The number of methoxy groups -OCH3 is 2. The lowest BCUT2D eigenvalue weighted by Gasteiger charge is -2.35. The minimum Gasteiger partial charge on any atom is -0.497 e. The van der Waals surface area contributed by atoms with Crippen LogP contribution < -0.4 is 9.47 Å². The third-order valence-electron chi connectivity index (χ3n) is 6.54. The van der Waals surface area contributed by atoms with Crippen molar-refractivity contribution in [1.29, 1.82) is 0 Å². The van der Waals surface area contributed by atoms with Crippen LogP contribution in [-0.2, 0) is 11.3 Å². The van der Waals surface area contributed by atoms with Gasteiger partial charge in [-0.25, -0.2) is 0 Å². The van der Waals surface area contributed by atoms with Crippen molar-refractivity contribution < 1.29 is 14.3 Å². The number of ether oxygens (including phenoxy) is 2. The van der Waals surface area contributed by atoms with Gasteiger partial charge in [0.1, 0.15) is 11.5 Å². The Labute approximate surface area is 179 Å².